The molecule has 0 fully saturated rings. The van der Waals surface area contributed by atoms with Gasteiger partial charge < -0.3 is 0 Å². The van der Waals surface area contributed by atoms with Gasteiger partial charge in [-0.15, -0.1) is 0 Å². The molecule has 0 unspecified atom stereocenters. The molecular formula is C7H7FNO2S. The molecule has 0 atom stereocenters. The van der Waals surface area contributed by atoms with E-state index in [0.717, 1.165) is 24.3 Å². The highest BCUT2D eigenvalue weighted by molar-refractivity contribution is 7.91. The van der Waals surface area contributed by atoms with Crippen LogP contribution >= 0.6 is 0 Å². The summed E-state index contributed by atoms with van der Waals surface area (Å²) >= 11 is 0. The molecule has 1 rings (SSSR count). The minimum absolute atomic E-state index is 0.0149. The van der Waals surface area contributed by atoms with Gasteiger partial charge in [0.2, 0.25) is 0 Å². The average Bonchev–Trinajstić information content (AvgIpc) is 2.05. The molecule has 0 heterocycles. The first kappa shape index (κ1) is 9.15. The molecule has 0 amide bonds. The Hall–Kier alpha value is -0.940. The maximum absolute atomic E-state index is 12.3. The highest BCUT2D eigenvalue weighted by atomic mass is 32.2. The van der Waals surface area contributed by atoms with E-state index in [9.17, 15) is 12.8 Å². The Morgan fingerprint density at radius 2 is 1.75 bits per heavy atom. The second-order valence-corrected chi connectivity index (χ2v) is 4.20. The van der Waals surface area contributed by atoms with Gasteiger partial charge >= 0.3 is 0 Å². The first-order valence-corrected chi connectivity index (χ1v) is 4.84. The van der Waals surface area contributed by atoms with Crippen LogP contribution < -0.4 is 5.73 Å². The van der Waals surface area contributed by atoms with Crippen molar-refractivity contribution in [3.05, 3.63) is 30.1 Å². The minimum Gasteiger partial charge on any atom is -0.241 e. The van der Waals surface area contributed by atoms with Crippen LogP contribution in [0, 0.1) is 5.82 Å². The topological polar surface area (TPSA) is 57.9 Å². The molecule has 0 aromatic heterocycles. The van der Waals surface area contributed by atoms with Crippen LogP contribution in [0.3, 0.4) is 0 Å². The largest absolute Gasteiger partial charge is 0.241 e. The van der Waals surface area contributed by atoms with E-state index in [-0.39, 0.29) is 4.90 Å². The molecule has 3 nitrogen and oxygen atoms in total. The number of sulfone groups is 1. The second kappa shape index (κ2) is 3.20. The lowest BCUT2D eigenvalue weighted by Crippen LogP contribution is -2.06. The van der Waals surface area contributed by atoms with Crippen molar-refractivity contribution in [1.82, 2.24) is 5.73 Å². The van der Waals surface area contributed by atoms with E-state index >= 15 is 0 Å². The lowest BCUT2D eigenvalue weighted by molar-refractivity contribution is 0.594. The molecule has 5 heteroatoms. The van der Waals surface area contributed by atoms with Crippen LogP contribution in [0.25, 0.3) is 0 Å². The summed E-state index contributed by atoms with van der Waals surface area (Å²) in [6.45, 7) is 0. The van der Waals surface area contributed by atoms with Crippen molar-refractivity contribution in [3.63, 3.8) is 0 Å². The van der Waals surface area contributed by atoms with Crippen molar-refractivity contribution in [2.45, 2.75) is 4.90 Å². The van der Waals surface area contributed by atoms with E-state index in [4.69, 9.17) is 5.73 Å². The zero-order chi connectivity index (χ0) is 9.19. The highest BCUT2D eigenvalue weighted by Gasteiger charge is 2.10. The van der Waals surface area contributed by atoms with Gasteiger partial charge in [-0.2, -0.15) is 0 Å². The Kier molecular flexibility index (Phi) is 2.44. The Labute approximate surface area is 69.9 Å². The maximum Gasteiger partial charge on any atom is 0.192 e. The van der Waals surface area contributed by atoms with Crippen molar-refractivity contribution < 1.29 is 12.8 Å². The van der Waals surface area contributed by atoms with E-state index < -0.39 is 21.5 Å². The number of rotatable bonds is 2. The fourth-order valence-corrected chi connectivity index (χ4v) is 1.44. The third kappa shape index (κ3) is 1.80. The third-order valence-corrected chi connectivity index (χ3v) is 2.73. The summed E-state index contributed by atoms with van der Waals surface area (Å²) in [5, 5.41) is 0. The van der Waals surface area contributed by atoms with Crippen molar-refractivity contribution in [2.24, 2.45) is 0 Å². The van der Waals surface area contributed by atoms with Gasteiger partial charge in [-0.25, -0.2) is 18.5 Å². The normalized spacial score (nSPS) is 11.5. The van der Waals surface area contributed by atoms with Crippen LogP contribution in [-0.4, -0.2) is 14.3 Å². The summed E-state index contributed by atoms with van der Waals surface area (Å²) in [4.78, 5) is -0.0149. The SMILES string of the molecule is [NH]CS(=O)(=O)c1ccc(F)cc1. The van der Waals surface area contributed by atoms with Gasteiger partial charge in [-0.05, 0) is 24.3 Å². The number of halogens is 1. The summed E-state index contributed by atoms with van der Waals surface area (Å²) in [6.07, 6.45) is 0. The van der Waals surface area contributed by atoms with Gasteiger partial charge in [0.1, 0.15) is 11.7 Å². The minimum atomic E-state index is -3.51. The summed E-state index contributed by atoms with van der Waals surface area (Å²) in [5.41, 5.74) is 6.71. The predicted octanol–water partition coefficient (Wildman–Crippen LogP) is 0.840. The summed E-state index contributed by atoms with van der Waals surface area (Å²) in [5.74, 6) is -1.20. The van der Waals surface area contributed by atoms with E-state index in [2.05, 4.69) is 0 Å². The third-order valence-electron chi connectivity index (χ3n) is 1.36. The number of hydrogen-bond donors (Lipinski definition) is 0. The molecule has 0 bridgehead atoms. The van der Waals surface area contributed by atoms with Gasteiger partial charge in [0.25, 0.3) is 0 Å². The van der Waals surface area contributed by atoms with Crippen LogP contribution in [0.2, 0.25) is 0 Å². The number of benzene rings is 1. The van der Waals surface area contributed by atoms with Gasteiger partial charge in [0.05, 0.1) is 4.90 Å². The molecule has 1 aromatic carbocycles. The monoisotopic (exact) mass is 188 g/mol. The number of nitrogens with one attached hydrogen (secondary N) is 1. The van der Waals surface area contributed by atoms with Crippen LogP contribution in [-0.2, 0) is 9.84 Å². The zero-order valence-electron chi connectivity index (χ0n) is 6.12. The molecular weight excluding hydrogens is 181 g/mol. The Morgan fingerprint density at radius 3 is 2.17 bits per heavy atom. The summed E-state index contributed by atoms with van der Waals surface area (Å²) in [7, 11) is -3.51. The second-order valence-electron chi connectivity index (χ2n) is 2.21. The molecule has 1 aromatic rings. The molecule has 1 radical (unpaired) electrons. The molecule has 0 aliphatic carbocycles. The van der Waals surface area contributed by atoms with Crippen molar-refractivity contribution >= 4 is 9.84 Å². The first-order chi connectivity index (χ1) is 5.56. The molecule has 0 saturated carbocycles. The van der Waals surface area contributed by atoms with Gasteiger partial charge in [0, 0.05) is 0 Å². The standard InChI is InChI=1S/C7H7FNO2S/c8-6-1-3-7(4-2-6)12(10,11)5-9/h1-4,9H,5H2. The van der Waals surface area contributed by atoms with Gasteiger partial charge in [-0.3, -0.25) is 0 Å². The van der Waals surface area contributed by atoms with Crippen LogP contribution in [0.4, 0.5) is 4.39 Å². The van der Waals surface area contributed by atoms with E-state index in [1.807, 2.05) is 0 Å². The fraction of sp³-hybridized carbons (Fsp3) is 0.143. The molecule has 0 aliphatic rings. The maximum atomic E-state index is 12.3. The lowest BCUT2D eigenvalue weighted by atomic mass is 10.4. The predicted molar refractivity (Wildman–Crippen MR) is 41.5 cm³/mol. The van der Waals surface area contributed by atoms with E-state index in [1.54, 1.807) is 0 Å². The summed E-state index contributed by atoms with van der Waals surface area (Å²) in [6, 6.07) is 4.42. The van der Waals surface area contributed by atoms with E-state index in [0.29, 0.717) is 0 Å². The lowest BCUT2D eigenvalue weighted by Gasteiger charge is -1.98. The molecule has 0 spiro atoms. The quantitative estimate of drug-likeness (QED) is 0.646. The van der Waals surface area contributed by atoms with Crippen LogP contribution in [0.1, 0.15) is 0 Å². The summed E-state index contributed by atoms with van der Waals surface area (Å²) < 4.78 is 34.3. The molecule has 1 N–H and O–H groups in total. The van der Waals surface area contributed by atoms with Crippen molar-refractivity contribution in [2.75, 3.05) is 5.88 Å². The fourth-order valence-electron chi connectivity index (χ4n) is 0.725. The molecule has 65 valence electrons. The Balaban J connectivity index is 3.14. The number of hydrogen-bond acceptors (Lipinski definition) is 2. The highest BCUT2D eigenvalue weighted by Crippen LogP contribution is 2.10. The Morgan fingerprint density at radius 1 is 1.25 bits per heavy atom. The average molecular weight is 188 g/mol. The molecule has 0 aliphatic heterocycles. The smallest absolute Gasteiger partial charge is 0.192 e. The van der Waals surface area contributed by atoms with Crippen molar-refractivity contribution in [1.29, 1.82) is 0 Å². The Bertz CT molecular complexity index is 357. The van der Waals surface area contributed by atoms with Crippen LogP contribution in [0.15, 0.2) is 29.2 Å². The molecule has 0 saturated heterocycles. The van der Waals surface area contributed by atoms with Crippen molar-refractivity contribution in [3.8, 4) is 0 Å². The van der Waals surface area contributed by atoms with Gasteiger partial charge in [-0.1, -0.05) is 0 Å². The zero-order valence-corrected chi connectivity index (χ0v) is 6.94. The first-order valence-electron chi connectivity index (χ1n) is 3.19. The van der Waals surface area contributed by atoms with Gasteiger partial charge in [0.15, 0.2) is 9.84 Å². The van der Waals surface area contributed by atoms with E-state index in [1.165, 1.54) is 0 Å². The van der Waals surface area contributed by atoms with Crippen LogP contribution in [0.5, 0.6) is 0 Å². The molecule has 12 heavy (non-hydrogen) atoms.